The Morgan fingerprint density at radius 1 is 1.35 bits per heavy atom. The number of rotatable bonds is 6. The van der Waals surface area contributed by atoms with Gasteiger partial charge in [0, 0.05) is 16.4 Å². The Kier molecular flexibility index (Phi) is 4.13. The summed E-state index contributed by atoms with van der Waals surface area (Å²) in [6.07, 6.45) is 2.25. The average molecular weight is 251 g/mol. The molecule has 17 heavy (non-hydrogen) atoms. The van der Waals surface area contributed by atoms with Crippen molar-refractivity contribution >= 4 is 11.8 Å². The van der Waals surface area contributed by atoms with Crippen LogP contribution in [0.25, 0.3) is 0 Å². The fourth-order valence-corrected chi connectivity index (χ4v) is 3.11. The molecule has 94 valence electrons. The summed E-state index contributed by atoms with van der Waals surface area (Å²) in [5.74, 6) is 1.11. The van der Waals surface area contributed by atoms with Crippen molar-refractivity contribution in [3.8, 4) is 0 Å². The highest BCUT2D eigenvalue weighted by Crippen LogP contribution is 2.54. The molecule has 1 aromatic rings. The maximum atomic E-state index is 9.51. The predicted octanol–water partition coefficient (Wildman–Crippen LogP) is 2.83. The molecule has 1 aromatic carbocycles. The summed E-state index contributed by atoms with van der Waals surface area (Å²) in [6, 6.07) is 9.03. The normalized spacial score (nSPS) is 19.0. The summed E-state index contributed by atoms with van der Waals surface area (Å²) >= 11 is 1.86. The molecule has 2 nitrogen and oxygen atoms in total. The number of aliphatic hydroxyl groups excluding tert-OH is 1. The van der Waals surface area contributed by atoms with Gasteiger partial charge in [-0.3, -0.25) is 0 Å². The Labute approximate surface area is 108 Å². The number of nitrogens with one attached hydrogen (secondary N) is 1. The smallest absolute Gasteiger partial charge is 0.0505 e. The third kappa shape index (κ3) is 2.67. The number of benzene rings is 1. The predicted molar refractivity (Wildman–Crippen MR) is 73.4 cm³/mol. The van der Waals surface area contributed by atoms with Gasteiger partial charge in [0.25, 0.3) is 0 Å². The van der Waals surface area contributed by atoms with Crippen LogP contribution in [0.4, 0.5) is 0 Å². The molecule has 0 bridgehead atoms. The number of thioether (sulfide) groups is 1. The van der Waals surface area contributed by atoms with Crippen LogP contribution in [0.3, 0.4) is 0 Å². The largest absolute Gasteiger partial charge is 0.396 e. The molecule has 1 fully saturated rings. The molecular weight excluding hydrogens is 230 g/mol. The van der Waals surface area contributed by atoms with Gasteiger partial charge < -0.3 is 10.4 Å². The lowest BCUT2D eigenvalue weighted by Gasteiger charge is -2.25. The highest BCUT2D eigenvalue weighted by atomic mass is 32.2. The van der Waals surface area contributed by atoms with Crippen molar-refractivity contribution < 1.29 is 5.11 Å². The molecule has 0 saturated heterocycles. The topological polar surface area (TPSA) is 32.3 Å². The summed E-state index contributed by atoms with van der Waals surface area (Å²) in [4.78, 5) is 1.32. The monoisotopic (exact) mass is 251 g/mol. The SMILES string of the molecule is CCSc1ccc(C(NC)C2(CO)CC2)cc1. The first-order chi connectivity index (χ1) is 8.25. The van der Waals surface area contributed by atoms with Gasteiger partial charge in [0.2, 0.25) is 0 Å². The van der Waals surface area contributed by atoms with Crippen LogP contribution < -0.4 is 5.32 Å². The zero-order chi connectivity index (χ0) is 12.3. The van der Waals surface area contributed by atoms with E-state index in [9.17, 15) is 5.11 Å². The van der Waals surface area contributed by atoms with Crippen LogP contribution in [-0.2, 0) is 0 Å². The van der Waals surface area contributed by atoms with Crippen molar-refractivity contribution in [2.75, 3.05) is 19.4 Å². The Morgan fingerprint density at radius 2 is 2.00 bits per heavy atom. The maximum Gasteiger partial charge on any atom is 0.0505 e. The van der Waals surface area contributed by atoms with Crippen molar-refractivity contribution in [3.63, 3.8) is 0 Å². The van der Waals surface area contributed by atoms with E-state index in [4.69, 9.17) is 0 Å². The van der Waals surface area contributed by atoms with Crippen molar-refractivity contribution in [3.05, 3.63) is 29.8 Å². The van der Waals surface area contributed by atoms with E-state index in [1.165, 1.54) is 10.5 Å². The first-order valence-electron chi connectivity index (χ1n) is 6.26. The van der Waals surface area contributed by atoms with Crippen molar-refractivity contribution in [1.29, 1.82) is 0 Å². The van der Waals surface area contributed by atoms with Crippen LogP contribution in [0.15, 0.2) is 29.2 Å². The van der Waals surface area contributed by atoms with Gasteiger partial charge in [0.15, 0.2) is 0 Å². The molecule has 2 N–H and O–H groups in total. The molecule has 3 heteroatoms. The van der Waals surface area contributed by atoms with E-state index < -0.39 is 0 Å². The summed E-state index contributed by atoms with van der Waals surface area (Å²) in [6.45, 7) is 2.45. The molecule has 1 saturated carbocycles. The van der Waals surface area contributed by atoms with Crippen molar-refractivity contribution in [1.82, 2.24) is 5.32 Å². The first-order valence-corrected chi connectivity index (χ1v) is 7.25. The Balaban J connectivity index is 2.14. The van der Waals surface area contributed by atoms with Crippen LogP contribution in [0.5, 0.6) is 0 Å². The second kappa shape index (κ2) is 5.42. The lowest BCUT2D eigenvalue weighted by molar-refractivity contribution is 0.175. The molecule has 0 heterocycles. The minimum atomic E-state index is 0.0914. The quantitative estimate of drug-likeness (QED) is 0.763. The standard InChI is InChI=1S/C14H21NOS/c1-3-17-12-6-4-11(5-7-12)13(15-2)14(10-16)8-9-14/h4-7,13,15-16H,3,8-10H2,1-2H3. The summed E-state index contributed by atoms with van der Waals surface area (Å²) in [7, 11) is 1.98. The van der Waals surface area contributed by atoms with E-state index in [1.54, 1.807) is 0 Å². The molecule has 1 unspecified atom stereocenters. The average Bonchev–Trinajstić information content (AvgIpc) is 3.14. The van der Waals surface area contributed by atoms with Gasteiger partial charge in [-0.05, 0) is 43.3 Å². The van der Waals surface area contributed by atoms with E-state index in [0.717, 1.165) is 18.6 Å². The van der Waals surface area contributed by atoms with Crippen LogP contribution >= 0.6 is 11.8 Å². The molecule has 0 amide bonds. The summed E-state index contributed by atoms with van der Waals surface area (Å²) < 4.78 is 0. The van der Waals surface area contributed by atoms with E-state index >= 15 is 0 Å². The highest BCUT2D eigenvalue weighted by molar-refractivity contribution is 7.99. The van der Waals surface area contributed by atoms with Crippen molar-refractivity contribution in [2.24, 2.45) is 5.41 Å². The fourth-order valence-electron chi connectivity index (χ4n) is 2.45. The second-order valence-corrected chi connectivity index (χ2v) is 6.08. The van der Waals surface area contributed by atoms with E-state index in [-0.39, 0.29) is 18.1 Å². The molecular formula is C14H21NOS. The number of hydrogen-bond donors (Lipinski definition) is 2. The minimum Gasteiger partial charge on any atom is -0.396 e. The molecule has 0 aliphatic heterocycles. The number of hydrogen-bond acceptors (Lipinski definition) is 3. The van der Waals surface area contributed by atoms with Crippen LogP contribution in [-0.4, -0.2) is 24.5 Å². The fraction of sp³-hybridized carbons (Fsp3) is 0.571. The zero-order valence-corrected chi connectivity index (χ0v) is 11.4. The van der Waals surface area contributed by atoms with Crippen LogP contribution in [0, 0.1) is 5.41 Å². The van der Waals surface area contributed by atoms with Gasteiger partial charge in [-0.2, -0.15) is 0 Å². The summed E-state index contributed by atoms with van der Waals surface area (Å²) in [5.41, 5.74) is 1.38. The maximum absolute atomic E-state index is 9.51. The van der Waals surface area contributed by atoms with Crippen molar-refractivity contribution in [2.45, 2.75) is 30.7 Å². The Bertz CT molecular complexity index is 359. The highest BCUT2D eigenvalue weighted by Gasteiger charge is 2.48. The van der Waals surface area contributed by atoms with Gasteiger partial charge in [-0.1, -0.05) is 19.1 Å². The van der Waals surface area contributed by atoms with Crippen LogP contribution in [0.1, 0.15) is 31.4 Å². The Hall–Kier alpha value is -0.510. The van der Waals surface area contributed by atoms with Gasteiger partial charge in [-0.25, -0.2) is 0 Å². The van der Waals surface area contributed by atoms with E-state index in [1.807, 2.05) is 18.8 Å². The molecule has 1 aliphatic carbocycles. The van der Waals surface area contributed by atoms with E-state index in [0.29, 0.717) is 0 Å². The van der Waals surface area contributed by atoms with Gasteiger partial charge >= 0.3 is 0 Å². The van der Waals surface area contributed by atoms with Gasteiger partial charge in [-0.15, -0.1) is 11.8 Å². The molecule has 1 atom stereocenters. The minimum absolute atomic E-state index is 0.0914. The molecule has 0 radical (unpaired) electrons. The lowest BCUT2D eigenvalue weighted by atomic mass is 9.91. The molecule has 0 aromatic heterocycles. The third-order valence-electron chi connectivity index (χ3n) is 3.63. The van der Waals surface area contributed by atoms with Gasteiger partial charge in [0.1, 0.15) is 0 Å². The van der Waals surface area contributed by atoms with Crippen LogP contribution in [0.2, 0.25) is 0 Å². The zero-order valence-electron chi connectivity index (χ0n) is 10.6. The van der Waals surface area contributed by atoms with Gasteiger partial charge in [0.05, 0.1) is 6.61 Å². The third-order valence-corrected chi connectivity index (χ3v) is 4.53. The molecule has 0 spiro atoms. The summed E-state index contributed by atoms with van der Waals surface area (Å²) in [5, 5.41) is 12.9. The lowest BCUT2D eigenvalue weighted by Crippen LogP contribution is -2.29. The second-order valence-electron chi connectivity index (χ2n) is 4.74. The number of aliphatic hydroxyl groups is 1. The molecule has 2 rings (SSSR count). The Morgan fingerprint density at radius 3 is 2.41 bits per heavy atom. The van der Waals surface area contributed by atoms with E-state index in [2.05, 4.69) is 36.5 Å². The molecule has 1 aliphatic rings. The first kappa shape index (κ1) is 12.9.